The second kappa shape index (κ2) is 4.58. The van der Waals surface area contributed by atoms with Gasteiger partial charge in [-0.15, -0.1) is 12.4 Å². The van der Waals surface area contributed by atoms with Gasteiger partial charge in [0.25, 0.3) is 0 Å². The van der Waals surface area contributed by atoms with Crippen LogP contribution in [0.25, 0.3) is 0 Å². The molecule has 2 aliphatic heterocycles. The summed E-state index contributed by atoms with van der Waals surface area (Å²) < 4.78 is 5.61. The maximum Gasteiger partial charge on any atom is 0.0651 e. The maximum atomic E-state index is 5.61. The van der Waals surface area contributed by atoms with E-state index in [0.29, 0.717) is 5.54 Å². The van der Waals surface area contributed by atoms with Gasteiger partial charge in [0.1, 0.15) is 0 Å². The third kappa shape index (κ3) is 2.16. The van der Waals surface area contributed by atoms with E-state index in [1.165, 1.54) is 38.8 Å². The molecule has 3 fully saturated rings. The van der Waals surface area contributed by atoms with E-state index in [2.05, 4.69) is 10.2 Å². The Labute approximate surface area is 97.9 Å². The van der Waals surface area contributed by atoms with Gasteiger partial charge in [-0.05, 0) is 32.2 Å². The number of halogens is 1. The lowest BCUT2D eigenvalue weighted by Crippen LogP contribution is -2.56. The molecule has 3 nitrogen and oxygen atoms in total. The van der Waals surface area contributed by atoms with Crippen LogP contribution in [0.2, 0.25) is 0 Å². The summed E-state index contributed by atoms with van der Waals surface area (Å²) in [5.74, 6) is 0. The molecular formula is C11H21ClN2O. The van der Waals surface area contributed by atoms with Gasteiger partial charge in [-0.25, -0.2) is 0 Å². The standard InChI is InChI=1S/C11H20N2O.ClH/c1-2-10(8-12-5-1)13-6-7-14-9-11(13)3-4-11;/h10,12H,1-9H2;1H. The summed E-state index contributed by atoms with van der Waals surface area (Å²) in [7, 11) is 0. The van der Waals surface area contributed by atoms with E-state index >= 15 is 0 Å². The number of ether oxygens (including phenoxy) is 1. The molecule has 0 aromatic carbocycles. The minimum Gasteiger partial charge on any atom is -0.378 e. The molecule has 4 heteroatoms. The van der Waals surface area contributed by atoms with Crippen LogP contribution in [-0.2, 0) is 4.74 Å². The van der Waals surface area contributed by atoms with Crippen molar-refractivity contribution in [2.45, 2.75) is 37.3 Å². The third-order valence-corrected chi connectivity index (χ3v) is 4.00. The number of morpholine rings is 1. The molecule has 0 aromatic rings. The predicted molar refractivity (Wildman–Crippen MR) is 62.6 cm³/mol. The van der Waals surface area contributed by atoms with Gasteiger partial charge in [0.15, 0.2) is 0 Å². The summed E-state index contributed by atoms with van der Waals surface area (Å²) in [5.41, 5.74) is 0.474. The normalized spacial score (nSPS) is 34.8. The van der Waals surface area contributed by atoms with Crippen LogP contribution in [0.4, 0.5) is 0 Å². The van der Waals surface area contributed by atoms with Gasteiger partial charge in [-0.2, -0.15) is 0 Å². The van der Waals surface area contributed by atoms with Crippen molar-refractivity contribution in [1.29, 1.82) is 0 Å². The first kappa shape index (κ1) is 11.6. The molecule has 3 aliphatic rings. The first-order chi connectivity index (χ1) is 6.91. The highest BCUT2D eigenvalue weighted by Crippen LogP contribution is 2.45. The van der Waals surface area contributed by atoms with Crippen LogP contribution in [0.15, 0.2) is 0 Å². The van der Waals surface area contributed by atoms with E-state index in [-0.39, 0.29) is 12.4 Å². The van der Waals surface area contributed by atoms with Crippen molar-refractivity contribution in [2.24, 2.45) is 0 Å². The van der Waals surface area contributed by atoms with Crippen LogP contribution in [-0.4, -0.2) is 49.3 Å². The summed E-state index contributed by atoms with van der Waals surface area (Å²) >= 11 is 0. The lowest BCUT2D eigenvalue weighted by Gasteiger charge is -2.43. The van der Waals surface area contributed by atoms with Gasteiger partial charge in [0.2, 0.25) is 0 Å². The van der Waals surface area contributed by atoms with Crippen LogP contribution in [0.1, 0.15) is 25.7 Å². The fourth-order valence-electron chi connectivity index (χ4n) is 2.99. The highest BCUT2D eigenvalue weighted by atomic mass is 35.5. The van der Waals surface area contributed by atoms with E-state index in [0.717, 1.165) is 25.8 Å². The lowest BCUT2D eigenvalue weighted by molar-refractivity contribution is -0.0458. The van der Waals surface area contributed by atoms with Gasteiger partial charge in [0.05, 0.1) is 13.2 Å². The predicted octanol–water partition coefficient (Wildman–Crippen LogP) is 1.02. The summed E-state index contributed by atoms with van der Waals surface area (Å²) in [4.78, 5) is 2.74. The molecule has 2 heterocycles. The SMILES string of the molecule is C1CNCC(N2CCOCC23CC3)C1.Cl. The zero-order valence-corrected chi connectivity index (χ0v) is 10.0. The Hall–Kier alpha value is 0.170. The van der Waals surface area contributed by atoms with E-state index in [1.54, 1.807) is 0 Å². The second-order valence-electron chi connectivity index (χ2n) is 4.97. The Morgan fingerprint density at radius 1 is 1.33 bits per heavy atom. The molecule has 0 aromatic heterocycles. The van der Waals surface area contributed by atoms with Crippen molar-refractivity contribution in [1.82, 2.24) is 10.2 Å². The summed E-state index contributed by atoms with van der Waals surface area (Å²) in [6.07, 6.45) is 5.46. The minimum atomic E-state index is 0. The van der Waals surface area contributed by atoms with Gasteiger partial charge in [0, 0.05) is 24.7 Å². The topological polar surface area (TPSA) is 24.5 Å². The Kier molecular flexibility index (Phi) is 3.56. The molecule has 0 bridgehead atoms. The average Bonchev–Trinajstić information content (AvgIpc) is 3.01. The van der Waals surface area contributed by atoms with Crippen LogP contribution in [0.3, 0.4) is 0 Å². The van der Waals surface area contributed by atoms with Crippen molar-refractivity contribution < 1.29 is 4.74 Å². The molecule has 3 rings (SSSR count). The Bertz CT molecular complexity index is 215. The average molecular weight is 233 g/mol. The Morgan fingerprint density at radius 3 is 2.87 bits per heavy atom. The number of hydrogen-bond acceptors (Lipinski definition) is 3. The zero-order valence-electron chi connectivity index (χ0n) is 9.21. The molecule has 15 heavy (non-hydrogen) atoms. The highest BCUT2D eigenvalue weighted by molar-refractivity contribution is 5.85. The number of nitrogens with one attached hydrogen (secondary N) is 1. The smallest absolute Gasteiger partial charge is 0.0651 e. The van der Waals surface area contributed by atoms with Crippen molar-refractivity contribution in [3.05, 3.63) is 0 Å². The first-order valence-corrected chi connectivity index (χ1v) is 5.96. The van der Waals surface area contributed by atoms with Gasteiger partial charge in [-0.1, -0.05) is 0 Å². The monoisotopic (exact) mass is 232 g/mol. The molecule has 1 saturated carbocycles. The summed E-state index contributed by atoms with van der Waals surface area (Å²) in [6, 6.07) is 0.787. The molecular weight excluding hydrogens is 212 g/mol. The van der Waals surface area contributed by atoms with Crippen molar-refractivity contribution in [3.63, 3.8) is 0 Å². The van der Waals surface area contributed by atoms with Crippen LogP contribution < -0.4 is 5.32 Å². The fraction of sp³-hybridized carbons (Fsp3) is 1.00. The van der Waals surface area contributed by atoms with Crippen LogP contribution >= 0.6 is 12.4 Å². The summed E-state index contributed by atoms with van der Waals surface area (Å²) in [6.45, 7) is 5.50. The van der Waals surface area contributed by atoms with E-state index < -0.39 is 0 Å². The fourth-order valence-corrected chi connectivity index (χ4v) is 2.99. The van der Waals surface area contributed by atoms with Gasteiger partial charge < -0.3 is 10.1 Å². The second-order valence-corrected chi connectivity index (χ2v) is 4.97. The molecule has 1 spiro atoms. The molecule has 0 radical (unpaired) electrons. The number of rotatable bonds is 1. The van der Waals surface area contributed by atoms with Crippen molar-refractivity contribution in [3.8, 4) is 0 Å². The van der Waals surface area contributed by atoms with Gasteiger partial charge >= 0.3 is 0 Å². The maximum absolute atomic E-state index is 5.61. The van der Waals surface area contributed by atoms with E-state index in [4.69, 9.17) is 4.74 Å². The molecule has 1 atom stereocenters. The molecule has 1 N–H and O–H groups in total. The van der Waals surface area contributed by atoms with Crippen LogP contribution in [0, 0.1) is 0 Å². The third-order valence-electron chi connectivity index (χ3n) is 4.00. The number of hydrogen-bond donors (Lipinski definition) is 1. The number of nitrogens with zero attached hydrogens (tertiary/aromatic N) is 1. The number of piperidine rings is 1. The molecule has 1 unspecified atom stereocenters. The largest absolute Gasteiger partial charge is 0.378 e. The first-order valence-electron chi connectivity index (χ1n) is 5.96. The Morgan fingerprint density at radius 2 is 2.20 bits per heavy atom. The highest BCUT2D eigenvalue weighted by Gasteiger charge is 2.51. The molecule has 0 amide bonds. The Balaban J connectivity index is 0.000000853. The van der Waals surface area contributed by atoms with Crippen molar-refractivity contribution in [2.75, 3.05) is 32.8 Å². The minimum absolute atomic E-state index is 0. The molecule has 88 valence electrons. The van der Waals surface area contributed by atoms with Crippen molar-refractivity contribution >= 4 is 12.4 Å². The summed E-state index contributed by atoms with van der Waals surface area (Å²) in [5, 5.41) is 3.52. The lowest BCUT2D eigenvalue weighted by atomic mass is 10.0. The quantitative estimate of drug-likeness (QED) is 0.731. The van der Waals surface area contributed by atoms with Crippen LogP contribution in [0.5, 0.6) is 0 Å². The van der Waals surface area contributed by atoms with E-state index in [9.17, 15) is 0 Å². The van der Waals surface area contributed by atoms with E-state index in [1.807, 2.05) is 0 Å². The zero-order chi connectivity index (χ0) is 9.43. The van der Waals surface area contributed by atoms with Gasteiger partial charge in [-0.3, -0.25) is 4.90 Å². The molecule has 1 aliphatic carbocycles. The molecule has 2 saturated heterocycles.